The summed E-state index contributed by atoms with van der Waals surface area (Å²) in [4.78, 5) is 28.7. The third kappa shape index (κ3) is 13.3. The highest BCUT2D eigenvalue weighted by atomic mass is 32.2. The van der Waals surface area contributed by atoms with E-state index in [4.69, 9.17) is 13.4 Å². The Labute approximate surface area is 475 Å². The minimum absolute atomic E-state index is 0.0414. The van der Waals surface area contributed by atoms with Crippen LogP contribution >= 0.6 is 0 Å². The molecule has 23 nitrogen and oxygen atoms in total. The predicted molar refractivity (Wildman–Crippen MR) is 311 cm³/mol. The second kappa shape index (κ2) is 23.6. The van der Waals surface area contributed by atoms with Gasteiger partial charge in [0.2, 0.25) is 20.0 Å². The van der Waals surface area contributed by atoms with E-state index in [1.807, 2.05) is 0 Å². The molecule has 1 aromatic heterocycles. The number of ether oxygens (including phenoxy) is 1. The molecule has 0 saturated carbocycles. The van der Waals surface area contributed by atoms with Crippen molar-refractivity contribution in [2.75, 3.05) is 52.2 Å². The summed E-state index contributed by atoms with van der Waals surface area (Å²) < 4.78 is 143. The molecule has 28 heteroatoms. The van der Waals surface area contributed by atoms with Gasteiger partial charge in [0.05, 0.1) is 49.1 Å². The van der Waals surface area contributed by atoms with E-state index in [0.717, 1.165) is 27.6 Å². The number of sulfone groups is 1. The Kier molecular flexibility index (Phi) is 17.2. The monoisotopic (exact) mass is 1210 g/mol. The van der Waals surface area contributed by atoms with Gasteiger partial charge in [0.1, 0.15) is 35.3 Å². The average molecular weight is 1220 g/mol. The molecule has 8 rings (SSSR count). The van der Waals surface area contributed by atoms with Crippen LogP contribution in [0.25, 0.3) is 16.5 Å². The zero-order valence-corrected chi connectivity index (χ0v) is 49.1. The number of phenolic OH excluding ortho intramolecular Hbond substituents is 1. The maximum absolute atomic E-state index is 14.4. The molecule has 0 aliphatic rings. The molecule has 1 unspecified atom stereocenters. The molecule has 1 atom stereocenters. The van der Waals surface area contributed by atoms with Gasteiger partial charge in [-0.15, -0.1) is 15.0 Å². The van der Waals surface area contributed by atoms with Crippen LogP contribution in [0, 0.1) is 20.8 Å². The Bertz CT molecular complexity index is 4400. The molecule has 8 aromatic rings. The summed E-state index contributed by atoms with van der Waals surface area (Å²) >= 11 is -2.29. The molecule has 0 bridgehead atoms. The minimum Gasteiger partial charge on any atom is -0.506 e. The molecule has 4 N–H and O–H groups in total. The van der Waals surface area contributed by atoms with Crippen LogP contribution in [-0.2, 0) is 57.8 Å². The van der Waals surface area contributed by atoms with Crippen LogP contribution in [0.4, 0.5) is 34.1 Å². The van der Waals surface area contributed by atoms with Crippen molar-refractivity contribution < 1.29 is 61.2 Å². The van der Waals surface area contributed by atoms with Crippen LogP contribution in [0.15, 0.2) is 168 Å². The van der Waals surface area contributed by atoms with Crippen LogP contribution in [0.2, 0.25) is 0 Å². The zero-order valence-electron chi connectivity index (χ0n) is 45.1. The van der Waals surface area contributed by atoms with Crippen LogP contribution in [-0.4, -0.2) is 91.1 Å². The average Bonchev–Trinajstić information content (AvgIpc) is 3.73. The molecule has 82 heavy (non-hydrogen) atoms. The number of hydrogen-bond acceptors (Lipinski definition) is 17. The number of nitrogens with one attached hydrogen (secondary N) is 3. The van der Waals surface area contributed by atoms with Crippen molar-refractivity contribution in [3.05, 3.63) is 172 Å². The van der Waals surface area contributed by atoms with Gasteiger partial charge in [-0.05, 0) is 142 Å². The van der Waals surface area contributed by atoms with Crippen molar-refractivity contribution in [3.63, 3.8) is 0 Å². The molecule has 430 valence electrons. The van der Waals surface area contributed by atoms with E-state index >= 15 is 0 Å². The summed E-state index contributed by atoms with van der Waals surface area (Å²) in [5, 5.41) is 20.4. The normalized spacial score (nSPS) is 12.6. The number of hydrogen-bond donors (Lipinski definition) is 4. The molecular weight excluding hydrogens is 1160 g/mol. The Morgan fingerprint density at radius 1 is 0.744 bits per heavy atom. The Morgan fingerprint density at radius 3 is 2.06 bits per heavy atom. The maximum Gasteiger partial charge on any atom is 0.316 e. The van der Waals surface area contributed by atoms with Crippen molar-refractivity contribution in [2.24, 2.45) is 10.2 Å². The van der Waals surface area contributed by atoms with E-state index < -0.39 is 68.4 Å². The van der Waals surface area contributed by atoms with E-state index in [1.165, 1.54) is 128 Å². The number of anilines is 4. The van der Waals surface area contributed by atoms with E-state index in [9.17, 15) is 52.6 Å². The molecule has 0 aliphatic heterocycles. The Morgan fingerprint density at radius 2 is 1.41 bits per heavy atom. The first-order valence-corrected chi connectivity index (χ1v) is 32.2. The summed E-state index contributed by atoms with van der Waals surface area (Å²) in [6, 6.07) is 31.3. The smallest absolute Gasteiger partial charge is 0.316 e. The number of amides is 1. The summed E-state index contributed by atoms with van der Waals surface area (Å²) in [5.74, 6) is -0.827. The van der Waals surface area contributed by atoms with Gasteiger partial charge < -0.3 is 23.4 Å². The predicted octanol–water partition coefficient (Wildman–Crippen LogP) is 8.77. The topological polar surface area (TPSA) is 312 Å². The number of fused-ring (bicyclic) bond motifs is 1. The number of aromatic hydroxyl groups is 1. The number of phenols is 1. The third-order valence-electron chi connectivity index (χ3n) is 12.4. The fraction of sp³-hybridized carbons (Fsp3) is 0.185. The van der Waals surface area contributed by atoms with E-state index in [1.54, 1.807) is 45.9 Å². The van der Waals surface area contributed by atoms with Crippen LogP contribution in [0.3, 0.4) is 0 Å². The minimum atomic E-state index is -4.57. The molecular formula is C54H54N8O15S5. The number of azo groups is 1. The first-order valence-electron chi connectivity index (χ1n) is 24.4. The number of rotatable bonds is 21. The van der Waals surface area contributed by atoms with Gasteiger partial charge in [-0.1, -0.05) is 24.3 Å². The largest absolute Gasteiger partial charge is 0.506 e. The number of aryl methyl sites for hydroxylation is 3. The van der Waals surface area contributed by atoms with Crippen molar-refractivity contribution >= 4 is 102 Å². The van der Waals surface area contributed by atoms with E-state index in [-0.39, 0.29) is 84.0 Å². The quantitative estimate of drug-likeness (QED) is 0.0489. The number of aromatic nitrogens is 1. The number of sulfonamides is 3. The van der Waals surface area contributed by atoms with Crippen molar-refractivity contribution in [1.29, 1.82) is 0 Å². The third-order valence-corrected chi connectivity index (χ3v) is 18.1. The van der Waals surface area contributed by atoms with Crippen LogP contribution in [0.1, 0.15) is 39.7 Å². The highest BCUT2D eigenvalue weighted by Gasteiger charge is 2.27. The molecule has 0 saturated heterocycles. The Hall–Kier alpha value is -8.41. The SMILES string of the molecule is CCN(C(=O)c1cc(N=Nc2ccc(C)cc2S(C)(=O)=O)c2c(NS(=O)(=O)c3cccc(OS(=O)Nc4ccc(OCc5c(C)on(-c6ccc(S(=O)(=O)N(C)C)cc6C)c5=O)cc4)c3)cccc2c1O)c1ccc(NS(C)(=O)=O)cc1. The Balaban J connectivity index is 1.01. The molecule has 1 amide bonds. The van der Waals surface area contributed by atoms with Crippen molar-refractivity contribution in [2.45, 2.75) is 49.0 Å². The summed E-state index contributed by atoms with van der Waals surface area (Å²) in [7, 11) is -12.9. The summed E-state index contributed by atoms with van der Waals surface area (Å²) in [6.07, 6.45) is 1.99. The second-order valence-corrected chi connectivity index (χ2v) is 27.1. The lowest BCUT2D eigenvalue weighted by atomic mass is 10.0. The first-order chi connectivity index (χ1) is 38.5. The van der Waals surface area contributed by atoms with Gasteiger partial charge in [0.15, 0.2) is 9.84 Å². The zero-order chi connectivity index (χ0) is 59.6. The summed E-state index contributed by atoms with van der Waals surface area (Å²) in [5.41, 5.74) is 1.35. The molecule has 0 radical (unpaired) electrons. The maximum atomic E-state index is 14.4. The van der Waals surface area contributed by atoms with Crippen molar-refractivity contribution in [1.82, 2.24) is 9.05 Å². The van der Waals surface area contributed by atoms with Gasteiger partial charge in [0.25, 0.3) is 21.5 Å². The van der Waals surface area contributed by atoms with Gasteiger partial charge >= 0.3 is 11.3 Å². The molecule has 0 fully saturated rings. The first kappa shape index (κ1) is 59.7. The summed E-state index contributed by atoms with van der Waals surface area (Å²) in [6.45, 7) is 6.49. The number of nitrogens with zero attached hydrogens (tertiary/aromatic N) is 5. The standard InChI is InChI=1S/C54H54N8O15S5/c1-9-61(38-21-17-37(18-22-38)58-80(8,69)70)53(64)44-31-48(56-55-46-26-16-33(2)28-50(46)79(7,67)68)51-43(52(44)63)14-11-15-47(51)59-81(71,72)41-13-10-12-40(30-41)77-78(66)57-36-19-23-39(24-20-36)75-32-45-35(4)76-62(54(45)65)49-27-25-42(29-34(49)3)82(73,74)60(5)6/h10-31,57-59,63H,9,32H2,1-8H3. The fourth-order valence-corrected chi connectivity index (χ4v) is 12.5. The molecule has 0 aliphatic carbocycles. The second-order valence-electron chi connectivity index (χ2n) is 18.7. The molecule has 1 heterocycles. The van der Waals surface area contributed by atoms with Crippen molar-refractivity contribution in [3.8, 4) is 22.9 Å². The van der Waals surface area contributed by atoms with Gasteiger partial charge in [-0.25, -0.2) is 38.0 Å². The highest BCUT2D eigenvalue weighted by Crippen LogP contribution is 2.43. The highest BCUT2D eigenvalue weighted by molar-refractivity contribution is 7.93. The lowest BCUT2D eigenvalue weighted by molar-refractivity contribution is 0.0986. The van der Waals surface area contributed by atoms with E-state index in [2.05, 4.69) is 24.4 Å². The molecule has 7 aromatic carbocycles. The van der Waals surface area contributed by atoms with Gasteiger partial charge in [0, 0.05) is 60.8 Å². The number of benzene rings is 7. The van der Waals surface area contributed by atoms with E-state index in [0.29, 0.717) is 33.9 Å². The lowest BCUT2D eigenvalue weighted by Crippen LogP contribution is -2.30. The van der Waals surface area contributed by atoms with Gasteiger partial charge in [-0.2, -0.15) is 4.21 Å². The number of carbonyl (C=O) groups excluding carboxylic acids is 1. The van der Waals surface area contributed by atoms with Crippen LogP contribution in [0.5, 0.6) is 17.2 Å². The van der Waals surface area contributed by atoms with Crippen LogP contribution < -0.4 is 33.5 Å². The fourth-order valence-electron chi connectivity index (χ4n) is 8.33. The molecule has 0 spiro atoms. The lowest BCUT2D eigenvalue weighted by Gasteiger charge is -2.23. The number of carbonyl (C=O) groups is 1. The van der Waals surface area contributed by atoms with Gasteiger partial charge in [-0.3, -0.25) is 23.8 Å².